The van der Waals surface area contributed by atoms with Crippen molar-refractivity contribution in [1.29, 1.82) is 0 Å². The lowest BCUT2D eigenvalue weighted by Gasteiger charge is -2.21. The Morgan fingerprint density at radius 3 is 2.83 bits per heavy atom. The highest BCUT2D eigenvalue weighted by Gasteiger charge is 2.29. The Balaban J connectivity index is 1.61. The van der Waals surface area contributed by atoms with Crippen molar-refractivity contribution >= 4 is 22.8 Å². The number of carbonyl (C=O) groups excluding carboxylic acids is 1. The van der Waals surface area contributed by atoms with E-state index < -0.39 is 0 Å². The quantitative estimate of drug-likeness (QED) is 0.753. The molecule has 1 aromatic heterocycles. The van der Waals surface area contributed by atoms with E-state index in [9.17, 15) is 9.18 Å². The number of hydrogen-bond acceptors (Lipinski definition) is 4. The smallest absolute Gasteiger partial charge is 0.167 e. The third-order valence-electron chi connectivity index (χ3n) is 5.98. The van der Waals surface area contributed by atoms with E-state index in [0.29, 0.717) is 16.7 Å². The van der Waals surface area contributed by atoms with Gasteiger partial charge in [0.25, 0.3) is 0 Å². The van der Waals surface area contributed by atoms with Gasteiger partial charge in [-0.1, -0.05) is 0 Å². The first-order chi connectivity index (χ1) is 14.0. The normalized spacial score (nSPS) is 19.0. The molecule has 3 aliphatic rings. The van der Waals surface area contributed by atoms with Gasteiger partial charge in [0.2, 0.25) is 0 Å². The van der Waals surface area contributed by atoms with Crippen LogP contribution in [-0.4, -0.2) is 23.0 Å². The number of benzene rings is 1. The maximum atomic E-state index is 15.0. The standard InChI is InChI=1S/C24H22FN3O/c1-13-6-15(11-27-13)7-19-17-8-16(9-21(25)18(17)10-23(19)29)20-12-28-22-4-3-5-26-24(22)14(20)2/h7-9,11-12,26H,3-6,10H2,1-2H3/b19-7-. The summed E-state index contributed by atoms with van der Waals surface area (Å²) in [5.41, 5.74) is 8.64. The predicted molar refractivity (Wildman–Crippen MR) is 114 cm³/mol. The number of pyridine rings is 1. The summed E-state index contributed by atoms with van der Waals surface area (Å²) in [4.78, 5) is 21.5. The van der Waals surface area contributed by atoms with E-state index in [4.69, 9.17) is 0 Å². The van der Waals surface area contributed by atoms with Crippen LogP contribution < -0.4 is 5.32 Å². The van der Waals surface area contributed by atoms with Crippen LogP contribution in [0.1, 0.15) is 42.1 Å². The summed E-state index contributed by atoms with van der Waals surface area (Å²) in [5, 5.41) is 3.43. The zero-order valence-electron chi connectivity index (χ0n) is 16.6. The molecule has 0 radical (unpaired) electrons. The molecule has 0 saturated heterocycles. The maximum Gasteiger partial charge on any atom is 0.167 e. The van der Waals surface area contributed by atoms with E-state index in [1.807, 2.05) is 32.2 Å². The van der Waals surface area contributed by atoms with E-state index in [2.05, 4.69) is 15.3 Å². The number of rotatable bonds is 2. The first-order valence-corrected chi connectivity index (χ1v) is 10.0. The minimum atomic E-state index is -0.327. The fourth-order valence-corrected chi connectivity index (χ4v) is 4.47. The second-order valence-electron chi connectivity index (χ2n) is 8.04. The minimum absolute atomic E-state index is 0.0385. The van der Waals surface area contributed by atoms with E-state index in [-0.39, 0.29) is 18.0 Å². The molecule has 3 heterocycles. The molecule has 29 heavy (non-hydrogen) atoms. The maximum absolute atomic E-state index is 15.0. The van der Waals surface area contributed by atoms with Crippen LogP contribution >= 0.6 is 0 Å². The molecule has 1 aromatic carbocycles. The Bertz CT molecular complexity index is 1160. The number of nitrogens with one attached hydrogen (secondary N) is 1. The lowest BCUT2D eigenvalue weighted by molar-refractivity contribution is -0.112. The number of aliphatic imine (C=N–C) groups is 1. The highest BCUT2D eigenvalue weighted by Crippen LogP contribution is 2.39. The monoisotopic (exact) mass is 387 g/mol. The van der Waals surface area contributed by atoms with Crippen molar-refractivity contribution < 1.29 is 9.18 Å². The summed E-state index contributed by atoms with van der Waals surface area (Å²) in [7, 11) is 0. The van der Waals surface area contributed by atoms with E-state index in [1.54, 1.807) is 6.20 Å². The Labute approximate surface area is 169 Å². The van der Waals surface area contributed by atoms with Gasteiger partial charge in [-0.25, -0.2) is 4.39 Å². The molecule has 0 atom stereocenters. The molecule has 2 aliphatic heterocycles. The first kappa shape index (κ1) is 18.0. The first-order valence-electron chi connectivity index (χ1n) is 10.0. The highest BCUT2D eigenvalue weighted by molar-refractivity contribution is 6.26. The molecule has 4 nitrogen and oxygen atoms in total. The summed E-state index contributed by atoms with van der Waals surface area (Å²) in [6, 6.07) is 3.48. The highest BCUT2D eigenvalue weighted by atomic mass is 19.1. The van der Waals surface area contributed by atoms with Crippen molar-refractivity contribution in [3.63, 3.8) is 0 Å². The molecule has 0 amide bonds. The fraction of sp³-hybridized carbons (Fsp3) is 0.292. The average molecular weight is 387 g/mol. The van der Waals surface area contributed by atoms with Gasteiger partial charge in [-0.15, -0.1) is 0 Å². The molecular weight excluding hydrogens is 365 g/mol. The fourth-order valence-electron chi connectivity index (χ4n) is 4.47. The third-order valence-corrected chi connectivity index (χ3v) is 5.98. The largest absolute Gasteiger partial charge is 0.383 e. The average Bonchev–Trinajstić information content (AvgIpc) is 3.26. The number of fused-ring (bicyclic) bond motifs is 2. The summed E-state index contributed by atoms with van der Waals surface area (Å²) in [6.07, 6.45) is 8.37. The van der Waals surface area contributed by atoms with Crippen LogP contribution in [0.25, 0.3) is 16.7 Å². The Kier molecular flexibility index (Phi) is 4.19. The SMILES string of the molecule is CC1=NC=C(/C=C2\C(=O)Cc3c(F)cc(-c4cnc5c(c4C)NCCC5)cc32)C1. The van der Waals surface area contributed by atoms with Crippen molar-refractivity contribution in [2.24, 2.45) is 4.99 Å². The molecule has 1 aliphatic carbocycles. The van der Waals surface area contributed by atoms with Gasteiger partial charge in [0.15, 0.2) is 5.78 Å². The second-order valence-corrected chi connectivity index (χ2v) is 8.04. The second kappa shape index (κ2) is 6.76. The van der Waals surface area contributed by atoms with Gasteiger partial charge in [-0.05, 0) is 67.2 Å². The van der Waals surface area contributed by atoms with Gasteiger partial charge in [0.1, 0.15) is 5.82 Å². The number of Topliss-reactive ketones (excluding diaryl/α,β-unsaturated/α-hetero) is 1. The van der Waals surface area contributed by atoms with Crippen LogP contribution in [0.4, 0.5) is 10.1 Å². The van der Waals surface area contributed by atoms with E-state index in [1.165, 1.54) is 6.07 Å². The van der Waals surface area contributed by atoms with Crippen LogP contribution in [0.3, 0.4) is 0 Å². The summed E-state index contributed by atoms with van der Waals surface area (Å²) in [6.45, 7) is 4.93. The molecule has 1 N–H and O–H groups in total. The molecule has 0 saturated carbocycles. The number of anilines is 1. The summed E-state index contributed by atoms with van der Waals surface area (Å²) < 4.78 is 15.0. The number of carbonyl (C=O) groups is 1. The molecule has 0 bridgehead atoms. The Hall–Kier alpha value is -3.08. The van der Waals surface area contributed by atoms with Crippen molar-refractivity contribution in [3.8, 4) is 11.1 Å². The Morgan fingerprint density at radius 1 is 1.17 bits per heavy atom. The summed E-state index contributed by atoms with van der Waals surface area (Å²) in [5.74, 6) is -0.365. The molecule has 0 spiro atoms. The zero-order chi connectivity index (χ0) is 20.1. The Morgan fingerprint density at radius 2 is 2.03 bits per heavy atom. The third kappa shape index (κ3) is 3.01. The lowest BCUT2D eigenvalue weighted by atomic mass is 9.94. The van der Waals surface area contributed by atoms with Gasteiger partial charge in [0, 0.05) is 54.2 Å². The number of ketones is 1. The minimum Gasteiger partial charge on any atom is -0.383 e. The van der Waals surface area contributed by atoms with E-state index in [0.717, 1.165) is 65.2 Å². The number of hydrogen-bond donors (Lipinski definition) is 1. The van der Waals surface area contributed by atoms with Crippen LogP contribution in [-0.2, 0) is 17.6 Å². The number of nitrogens with zero attached hydrogens (tertiary/aromatic N) is 2. The predicted octanol–water partition coefficient (Wildman–Crippen LogP) is 4.81. The number of aryl methyl sites for hydroxylation is 1. The molecule has 0 unspecified atom stereocenters. The molecule has 2 aromatic rings. The van der Waals surface area contributed by atoms with Crippen molar-refractivity contribution in [1.82, 2.24) is 4.98 Å². The zero-order valence-corrected chi connectivity index (χ0v) is 16.6. The van der Waals surface area contributed by atoms with Crippen LogP contribution in [0.5, 0.6) is 0 Å². The van der Waals surface area contributed by atoms with Gasteiger partial charge in [0.05, 0.1) is 11.4 Å². The number of allylic oxidation sites excluding steroid dienone is 3. The van der Waals surface area contributed by atoms with Crippen molar-refractivity contribution in [3.05, 3.63) is 64.4 Å². The lowest BCUT2D eigenvalue weighted by Crippen LogP contribution is -2.14. The van der Waals surface area contributed by atoms with Crippen LogP contribution in [0.2, 0.25) is 0 Å². The van der Waals surface area contributed by atoms with Crippen molar-refractivity contribution in [2.45, 2.75) is 39.5 Å². The number of aromatic nitrogens is 1. The van der Waals surface area contributed by atoms with Gasteiger partial charge in [-0.3, -0.25) is 14.8 Å². The summed E-state index contributed by atoms with van der Waals surface area (Å²) >= 11 is 0. The molecule has 0 fully saturated rings. The van der Waals surface area contributed by atoms with Gasteiger partial charge in [-0.2, -0.15) is 0 Å². The molecule has 146 valence electrons. The van der Waals surface area contributed by atoms with E-state index >= 15 is 0 Å². The van der Waals surface area contributed by atoms with Crippen molar-refractivity contribution in [2.75, 3.05) is 11.9 Å². The molecule has 5 heteroatoms. The number of halogens is 1. The topological polar surface area (TPSA) is 54.4 Å². The van der Waals surface area contributed by atoms with Crippen LogP contribution in [0.15, 0.2) is 41.2 Å². The van der Waals surface area contributed by atoms with Crippen LogP contribution in [0, 0.1) is 12.7 Å². The van der Waals surface area contributed by atoms with Gasteiger partial charge >= 0.3 is 0 Å². The van der Waals surface area contributed by atoms with Gasteiger partial charge < -0.3 is 5.32 Å². The molecular formula is C24H22FN3O. The molecule has 5 rings (SSSR count).